The largest absolute Gasteiger partial charge is 0.280 e. The monoisotopic (exact) mass is 291 g/mol. The molecule has 0 saturated carbocycles. The Morgan fingerprint density at radius 2 is 2.10 bits per heavy atom. The molecule has 0 radical (unpaired) electrons. The molecule has 0 fully saturated rings. The maximum atomic E-state index is 12.3. The molecule has 2 aromatic rings. The molecular formula is C14H17N3O2S. The van der Waals surface area contributed by atoms with Crippen molar-refractivity contribution in [3.63, 3.8) is 0 Å². The van der Waals surface area contributed by atoms with Crippen LogP contribution in [-0.4, -0.2) is 18.2 Å². The summed E-state index contributed by atoms with van der Waals surface area (Å²) in [5.74, 6) is 0. The van der Waals surface area contributed by atoms with E-state index in [9.17, 15) is 8.42 Å². The molecule has 106 valence electrons. The molecule has 1 N–H and O–H groups in total. The lowest BCUT2D eigenvalue weighted by Crippen LogP contribution is -2.12. The highest BCUT2D eigenvalue weighted by atomic mass is 32.2. The fraction of sp³-hybridized carbons (Fsp3) is 0.357. The standard InChI is InChI=1S/C14H17N3O2S/c1-2-17-10-14(9-15-17)20(18,19)16-13-7-6-11-4-3-5-12(11)8-13/h6-10,16H,2-5H2,1H3. The van der Waals surface area contributed by atoms with Crippen molar-refractivity contribution in [2.24, 2.45) is 0 Å². The molecule has 1 aliphatic carbocycles. The predicted octanol–water partition coefficient (Wildman–Crippen LogP) is 2.19. The van der Waals surface area contributed by atoms with Gasteiger partial charge < -0.3 is 0 Å². The lowest BCUT2D eigenvalue weighted by Gasteiger charge is -2.08. The molecule has 20 heavy (non-hydrogen) atoms. The summed E-state index contributed by atoms with van der Waals surface area (Å²) in [6.07, 6.45) is 6.17. The molecule has 5 nitrogen and oxygen atoms in total. The van der Waals surface area contributed by atoms with Crippen LogP contribution >= 0.6 is 0 Å². The van der Waals surface area contributed by atoms with Crippen LogP contribution in [0.3, 0.4) is 0 Å². The first kappa shape index (κ1) is 13.2. The van der Waals surface area contributed by atoms with E-state index in [1.807, 2.05) is 25.1 Å². The van der Waals surface area contributed by atoms with Crippen molar-refractivity contribution in [2.75, 3.05) is 4.72 Å². The first-order valence-corrected chi connectivity index (χ1v) is 8.24. The van der Waals surface area contributed by atoms with Gasteiger partial charge in [-0.3, -0.25) is 9.40 Å². The highest BCUT2D eigenvalue weighted by molar-refractivity contribution is 7.92. The second-order valence-corrected chi connectivity index (χ2v) is 6.66. The summed E-state index contributed by atoms with van der Waals surface area (Å²) in [7, 11) is -3.55. The molecule has 1 aromatic carbocycles. The van der Waals surface area contributed by atoms with E-state index in [4.69, 9.17) is 0 Å². The number of nitrogens with zero attached hydrogens (tertiary/aromatic N) is 2. The number of aromatic nitrogens is 2. The van der Waals surface area contributed by atoms with E-state index >= 15 is 0 Å². The van der Waals surface area contributed by atoms with Crippen molar-refractivity contribution >= 4 is 15.7 Å². The summed E-state index contributed by atoms with van der Waals surface area (Å²) in [5, 5.41) is 4.00. The van der Waals surface area contributed by atoms with Crippen molar-refractivity contribution in [1.82, 2.24) is 9.78 Å². The fourth-order valence-corrected chi connectivity index (χ4v) is 3.51. The Hall–Kier alpha value is -1.82. The van der Waals surface area contributed by atoms with E-state index in [-0.39, 0.29) is 4.90 Å². The van der Waals surface area contributed by atoms with Gasteiger partial charge in [0.25, 0.3) is 10.0 Å². The normalized spacial score (nSPS) is 14.2. The highest BCUT2D eigenvalue weighted by Crippen LogP contribution is 2.26. The smallest absolute Gasteiger partial charge is 0.265 e. The number of benzene rings is 1. The molecule has 1 heterocycles. The summed E-state index contributed by atoms with van der Waals surface area (Å²) in [6.45, 7) is 2.56. The van der Waals surface area contributed by atoms with E-state index in [1.54, 1.807) is 4.68 Å². The van der Waals surface area contributed by atoms with Gasteiger partial charge in [-0.1, -0.05) is 6.07 Å². The molecule has 6 heteroatoms. The van der Waals surface area contributed by atoms with E-state index in [1.165, 1.54) is 23.5 Å². The minimum absolute atomic E-state index is 0.194. The summed E-state index contributed by atoms with van der Waals surface area (Å²) >= 11 is 0. The van der Waals surface area contributed by atoms with Crippen LogP contribution < -0.4 is 4.72 Å². The third-order valence-electron chi connectivity index (χ3n) is 3.59. The Kier molecular flexibility index (Phi) is 3.25. The Morgan fingerprint density at radius 3 is 2.85 bits per heavy atom. The molecule has 0 bridgehead atoms. The van der Waals surface area contributed by atoms with Gasteiger partial charge in [-0.2, -0.15) is 5.10 Å². The average molecular weight is 291 g/mol. The summed E-state index contributed by atoms with van der Waals surface area (Å²) in [5.41, 5.74) is 3.19. The van der Waals surface area contributed by atoms with Gasteiger partial charge in [0.2, 0.25) is 0 Å². The zero-order chi connectivity index (χ0) is 14.2. The summed E-state index contributed by atoms with van der Waals surface area (Å²) < 4.78 is 28.7. The van der Waals surface area contributed by atoms with Gasteiger partial charge in [0.05, 0.1) is 6.20 Å². The van der Waals surface area contributed by atoms with Crippen molar-refractivity contribution in [1.29, 1.82) is 0 Å². The van der Waals surface area contributed by atoms with E-state index in [0.717, 1.165) is 19.3 Å². The zero-order valence-electron chi connectivity index (χ0n) is 11.3. The van der Waals surface area contributed by atoms with Gasteiger partial charge in [0, 0.05) is 18.4 Å². The molecule has 1 aromatic heterocycles. The minimum atomic E-state index is -3.55. The van der Waals surface area contributed by atoms with Crippen molar-refractivity contribution in [2.45, 2.75) is 37.6 Å². The zero-order valence-corrected chi connectivity index (χ0v) is 12.2. The third-order valence-corrected chi connectivity index (χ3v) is 4.93. The highest BCUT2D eigenvalue weighted by Gasteiger charge is 2.18. The van der Waals surface area contributed by atoms with Crippen molar-refractivity contribution < 1.29 is 8.42 Å². The fourth-order valence-electron chi connectivity index (χ4n) is 2.51. The second kappa shape index (κ2) is 4.94. The predicted molar refractivity (Wildman–Crippen MR) is 77.2 cm³/mol. The van der Waals surface area contributed by atoms with E-state index < -0.39 is 10.0 Å². The Labute approximate surface area is 118 Å². The topological polar surface area (TPSA) is 64.0 Å². The number of nitrogens with one attached hydrogen (secondary N) is 1. The maximum absolute atomic E-state index is 12.3. The Balaban J connectivity index is 1.86. The van der Waals surface area contributed by atoms with E-state index in [0.29, 0.717) is 12.2 Å². The molecule has 0 atom stereocenters. The Morgan fingerprint density at radius 1 is 1.30 bits per heavy atom. The molecular weight excluding hydrogens is 274 g/mol. The van der Waals surface area contributed by atoms with Crippen LogP contribution in [0.4, 0.5) is 5.69 Å². The first-order valence-electron chi connectivity index (χ1n) is 6.75. The van der Waals surface area contributed by atoms with Gasteiger partial charge in [0.15, 0.2) is 0 Å². The number of anilines is 1. The van der Waals surface area contributed by atoms with Crippen LogP contribution in [0.15, 0.2) is 35.5 Å². The lowest BCUT2D eigenvalue weighted by atomic mass is 10.1. The minimum Gasteiger partial charge on any atom is -0.280 e. The Bertz CT molecular complexity index is 735. The number of hydrogen-bond donors (Lipinski definition) is 1. The van der Waals surface area contributed by atoms with Crippen LogP contribution in [0, 0.1) is 0 Å². The van der Waals surface area contributed by atoms with Crippen LogP contribution in [0.5, 0.6) is 0 Å². The molecule has 1 aliphatic rings. The maximum Gasteiger partial charge on any atom is 0.265 e. The van der Waals surface area contributed by atoms with Gasteiger partial charge in [-0.25, -0.2) is 8.42 Å². The second-order valence-electron chi connectivity index (χ2n) is 4.97. The van der Waals surface area contributed by atoms with Crippen LogP contribution in [0.2, 0.25) is 0 Å². The van der Waals surface area contributed by atoms with Crippen molar-refractivity contribution in [3.05, 3.63) is 41.7 Å². The number of sulfonamides is 1. The number of rotatable bonds is 4. The van der Waals surface area contributed by atoms with E-state index in [2.05, 4.69) is 9.82 Å². The van der Waals surface area contributed by atoms with Gasteiger partial charge in [0.1, 0.15) is 4.90 Å². The van der Waals surface area contributed by atoms with Gasteiger partial charge in [-0.05, 0) is 49.4 Å². The number of fused-ring (bicyclic) bond motifs is 1. The molecule has 0 saturated heterocycles. The average Bonchev–Trinajstić information content (AvgIpc) is 3.06. The molecule has 0 aliphatic heterocycles. The van der Waals surface area contributed by atoms with Gasteiger partial charge in [-0.15, -0.1) is 0 Å². The first-order chi connectivity index (χ1) is 9.58. The van der Waals surface area contributed by atoms with Crippen LogP contribution in [0.25, 0.3) is 0 Å². The number of aryl methyl sites for hydroxylation is 3. The summed E-state index contributed by atoms with van der Waals surface area (Å²) in [4.78, 5) is 0.194. The molecule has 3 rings (SSSR count). The lowest BCUT2D eigenvalue weighted by molar-refractivity contribution is 0.600. The summed E-state index contributed by atoms with van der Waals surface area (Å²) in [6, 6.07) is 5.77. The molecule has 0 unspecified atom stereocenters. The quantitative estimate of drug-likeness (QED) is 0.939. The SMILES string of the molecule is CCn1cc(S(=O)(=O)Nc2ccc3c(c2)CCC3)cn1. The number of hydrogen-bond acceptors (Lipinski definition) is 3. The molecule has 0 spiro atoms. The molecule has 0 amide bonds. The van der Waals surface area contributed by atoms with Crippen LogP contribution in [0.1, 0.15) is 24.5 Å². The third kappa shape index (κ3) is 2.43. The van der Waals surface area contributed by atoms with Gasteiger partial charge >= 0.3 is 0 Å². The van der Waals surface area contributed by atoms with Crippen molar-refractivity contribution in [3.8, 4) is 0 Å². The van der Waals surface area contributed by atoms with Crippen LogP contribution in [-0.2, 0) is 29.4 Å².